The number of Topliss-reactive ketones (excluding diaryl/α,β-unsaturated/α-hetero) is 1. The van der Waals surface area contributed by atoms with Crippen molar-refractivity contribution in [2.75, 3.05) is 12.4 Å². The van der Waals surface area contributed by atoms with Gasteiger partial charge < -0.3 is 4.74 Å². The van der Waals surface area contributed by atoms with Crippen LogP contribution in [-0.4, -0.2) is 29.6 Å². The highest BCUT2D eigenvalue weighted by molar-refractivity contribution is 8.00. The second-order valence-corrected chi connectivity index (χ2v) is 4.73. The van der Waals surface area contributed by atoms with E-state index in [0.29, 0.717) is 0 Å². The third kappa shape index (κ3) is 2.90. The molecule has 0 aromatic heterocycles. The first kappa shape index (κ1) is 13.3. The van der Waals surface area contributed by atoms with Crippen LogP contribution in [-0.2, 0) is 14.3 Å². The molecule has 0 aromatic rings. The van der Waals surface area contributed by atoms with Crippen molar-refractivity contribution >= 4 is 23.5 Å². The van der Waals surface area contributed by atoms with E-state index in [1.807, 2.05) is 0 Å². The molecule has 0 aliphatic carbocycles. The Morgan fingerprint density at radius 3 is 2.56 bits per heavy atom. The lowest BCUT2D eigenvalue weighted by atomic mass is 9.80. The van der Waals surface area contributed by atoms with Gasteiger partial charge in [-0.2, -0.15) is 13.2 Å². The van der Waals surface area contributed by atoms with E-state index in [4.69, 9.17) is 0 Å². The summed E-state index contributed by atoms with van der Waals surface area (Å²) < 4.78 is 40.4. The minimum absolute atomic E-state index is 0.106. The van der Waals surface area contributed by atoms with Crippen LogP contribution in [0.5, 0.6) is 0 Å². The molecule has 1 rings (SSSR count). The summed E-state index contributed by atoms with van der Waals surface area (Å²) in [5.74, 6) is -1.42. The van der Waals surface area contributed by atoms with Crippen LogP contribution in [0.2, 0.25) is 0 Å². The zero-order valence-corrected chi connectivity index (χ0v) is 9.41. The normalized spacial score (nSPS) is 25.6. The molecule has 1 heterocycles. The molecule has 16 heavy (non-hydrogen) atoms. The van der Waals surface area contributed by atoms with Gasteiger partial charge in [-0.3, -0.25) is 9.59 Å². The Balaban J connectivity index is 2.60. The number of ketones is 1. The summed E-state index contributed by atoms with van der Waals surface area (Å²) in [6, 6.07) is 0. The maximum absolute atomic E-state index is 11.9. The van der Waals surface area contributed by atoms with Gasteiger partial charge >= 0.3 is 11.5 Å². The molecule has 1 atom stereocenters. The largest absolute Gasteiger partial charge is 0.465 e. The van der Waals surface area contributed by atoms with Crippen molar-refractivity contribution in [2.24, 2.45) is 5.41 Å². The Kier molecular flexibility index (Phi) is 3.88. The monoisotopic (exact) mass is 256 g/mol. The summed E-state index contributed by atoms with van der Waals surface area (Å²) in [5.41, 5.74) is -5.68. The summed E-state index contributed by atoms with van der Waals surface area (Å²) in [6.45, 7) is 1.32. The molecule has 0 aromatic carbocycles. The number of thioether (sulfide) groups is 1. The number of rotatable bonds is 4. The van der Waals surface area contributed by atoms with Gasteiger partial charge in [-0.1, -0.05) is 11.8 Å². The van der Waals surface area contributed by atoms with Crippen molar-refractivity contribution in [3.8, 4) is 0 Å². The van der Waals surface area contributed by atoms with E-state index in [9.17, 15) is 22.8 Å². The van der Waals surface area contributed by atoms with Crippen LogP contribution in [0.4, 0.5) is 13.2 Å². The van der Waals surface area contributed by atoms with Gasteiger partial charge in [-0.15, -0.1) is 0 Å². The van der Waals surface area contributed by atoms with E-state index in [-0.39, 0.29) is 37.0 Å². The fraction of sp³-hybridized carbons (Fsp3) is 0.778. The van der Waals surface area contributed by atoms with E-state index in [2.05, 4.69) is 4.74 Å². The molecule has 1 fully saturated rings. The maximum atomic E-state index is 11.9. The molecular formula is C9H11F3O3S. The summed E-state index contributed by atoms with van der Waals surface area (Å²) in [5, 5.41) is 0. The minimum Gasteiger partial charge on any atom is -0.465 e. The number of hydrogen-bond acceptors (Lipinski definition) is 4. The summed E-state index contributed by atoms with van der Waals surface area (Å²) >= 11 is -0.222. The second kappa shape index (κ2) is 4.65. The zero-order valence-electron chi connectivity index (χ0n) is 8.60. The molecule has 92 valence electrons. The molecule has 0 spiro atoms. The highest BCUT2D eigenvalue weighted by atomic mass is 32.2. The van der Waals surface area contributed by atoms with Crippen molar-refractivity contribution in [1.82, 2.24) is 0 Å². The standard InChI is InChI=1S/C9H11F3O3S/c1-6(13)8(2-4-15-7(8)14)3-5-16-9(10,11)12/h2-5H2,1H3. The third-order valence-corrected chi connectivity index (χ3v) is 3.36. The number of cyclic esters (lactones) is 1. The lowest BCUT2D eigenvalue weighted by molar-refractivity contribution is -0.150. The second-order valence-electron chi connectivity index (χ2n) is 3.57. The number of alkyl halides is 3. The Labute approximate surface area is 94.7 Å². The molecule has 1 saturated heterocycles. The maximum Gasteiger partial charge on any atom is 0.441 e. The number of carbonyl (C=O) groups excluding carboxylic acids is 2. The van der Waals surface area contributed by atoms with Crippen molar-refractivity contribution < 1.29 is 27.5 Å². The Hall–Kier alpha value is -0.720. The van der Waals surface area contributed by atoms with E-state index in [1.54, 1.807) is 0 Å². The molecular weight excluding hydrogens is 245 g/mol. The summed E-state index contributed by atoms with van der Waals surface area (Å²) in [4.78, 5) is 22.7. The zero-order chi connectivity index (χ0) is 12.4. The highest BCUT2D eigenvalue weighted by Crippen LogP contribution is 2.39. The first-order chi connectivity index (χ1) is 7.28. The van der Waals surface area contributed by atoms with Gasteiger partial charge in [0.1, 0.15) is 11.2 Å². The van der Waals surface area contributed by atoms with Crippen molar-refractivity contribution in [1.29, 1.82) is 0 Å². The van der Waals surface area contributed by atoms with Crippen LogP contribution in [0.3, 0.4) is 0 Å². The van der Waals surface area contributed by atoms with Crippen molar-refractivity contribution in [3.05, 3.63) is 0 Å². The van der Waals surface area contributed by atoms with Crippen LogP contribution >= 0.6 is 11.8 Å². The Morgan fingerprint density at radius 1 is 1.56 bits per heavy atom. The number of esters is 1. The molecule has 1 unspecified atom stereocenters. The van der Waals surface area contributed by atoms with Gasteiger partial charge in [-0.05, 0) is 13.3 Å². The van der Waals surface area contributed by atoms with Gasteiger partial charge in [-0.25, -0.2) is 0 Å². The summed E-state index contributed by atoms with van der Waals surface area (Å²) in [7, 11) is 0. The average Bonchev–Trinajstić information content (AvgIpc) is 2.46. The SMILES string of the molecule is CC(=O)C1(CCSC(F)(F)F)CCOC1=O. The first-order valence-corrected chi connectivity index (χ1v) is 5.65. The molecule has 0 bridgehead atoms. The van der Waals surface area contributed by atoms with Crippen LogP contribution in [0, 0.1) is 5.41 Å². The van der Waals surface area contributed by atoms with E-state index >= 15 is 0 Å². The highest BCUT2D eigenvalue weighted by Gasteiger charge is 2.48. The van der Waals surface area contributed by atoms with Crippen LogP contribution in [0.25, 0.3) is 0 Å². The fourth-order valence-electron chi connectivity index (χ4n) is 1.62. The predicted octanol–water partition coefficient (Wildman–Crippen LogP) is 2.15. The van der Waals surface area contributed by atoms with Gasteiger partial charge in [0, 0.05) is 12.2 Å². The molecule has 3 nitrogen and oxygen atoms in total. The number of halogens is 3. The predicted molar refractivity (Wildman–Crippen MR) is 51.8 cm³/mol. The van der Waals surface area contributed by atoms with Gasteiger partial charge in [0.25, 0.3) is 0 Å². The quantitative estimate of drug-likeness (QED) is 0.571. The van der Waals surface area contributed by atoms with Crippen LogP contribution in [0.1, 0.15) is 19.8 Å². The third-order valence-electron chi connectivity index (χ3n) is 2.62. The van der Waals surface area contributed by atoms with Crippen molar-refractivity contribution in [2.45, 2.75) is 25.3 Å². The minimum atomic E-state index is -4.33. The fourth-order valence-corrected chi connectivity index (χ4v) is 2.30. The average molecular weight is 256 g/mol. The Morgan fingerprint density at radius 2 is 2.19 bits per heavy atom. The first-order valence-electron chi connectivity index (χ1n) is 4.67. The van der Waals surface area contributed by atoms with E-state index < -0.39 is 22.7 Å². The Bertz CT molecular complexity index is 303. The smallest absolute Gasteiger partial charge is 0.441 e. The molecule has 0 saturated carbocycles. The molecule has 1 aliphatic rings. The lowest BCUT2D eigenvalue weighted by Gasteiger charge is -2.20. The van der Waals surface area contributed by atoms with Crippen LogP contribution in [0.15, 0.2) is 0 Å². The van der Waals surface area contributed by atoms with Gasteiger partial charge in [0.05, 0.1) is 6.61 Å². The van der Waals surface area contributed by atoms with Crippen molar-refractivity contribution in [3.63, 3.8) is 0 Å². The summed E-state index contributed by atoms with van der Waals surface area (Å²) in [6.07, 6.45) is 0.0604. The van der Waals surface area contributed by atoms with E-state index in [0.717, 1.165) is 0 Å². The molecule has 0 radical (unpaired) electrons. The molecule has 0 N–H and O–H groups in total. The van der Waals surface area contributed by atoms with Gasteiger partial charge in [0.2, 0.25) is 0 Å². The van der Waals surface area contributed by atoms with Crippen LogP contribution < -0.4 is 0 Å². The number of ether oxygens (including phenoxy) is 1. The lowest BCUT2D eigenvalue weighted by Crippen LogP contribution is -2.35. The number of carbonyl (C=O) groups is 2. The number of hydrogen-bond donors (Lipinski definition) is 0. The molecule has 1 aliphatic heterocycles. The molecule has 0 amide bonds. The van der Waals surface area contributed by atoms with Gasteiger partial charge in [0.15, 0.2) is 0 Å². The van der Waals surface area contributed by atoms with E-state index in [1.165, 1.54) is 6.92 Å². The molecule has 7 heteroatoms. The topological polar surface area (TPSA) is 43.4 Å².